The Balaban J connectivity index is 3.00. The van der Waals surface area contributed by atoms with Gasteiger partial charge in [0.15, 0.2) is 0 Å². The number of pyridine rings is 1. The SMILES string of the molecule is CC[C@H](O)CN(Cc1nc(C(F)(F)F)ccc1O)C(=O)O. The van der Waals surface area contributed by atoms with Crippen molar-refractivity contribution in [3.63, 3.8) is 0 Å². The monoisotopic (exact) mass is 308 g/mol. The lowest BCUT2D eigenvalue weighted by Crippen LogP contribution is -2.36. The maximum atomic E-state index is 12.5. The Morgan fingerprint density at radius 2 is 2.05 bits per heavy atom. The van der Waals surface area contributed by atoms with Gasteiger partial charge in [0.1, 0.15) is 17.1 Å². The van der Waals surface area contributed by atoms with Crippen LogP contribution in [0.5, 0.6) is 5.75 Å². The van der Waals surface area contributed by atoms with E-state index in [1.165, 1.54) is 0 Å². The van der Waals surface area contributed by atoms with Crippen LogP contribution in [0.1, 0.15) is 24.7 Å². The predicted octanol–water partition coefficient (Wildman–Crippen LogP) is 2.06. The van der Waals surface area contributed by atoms with Gasteiger partial charge in [0, 0.05) is 0 Å². The molecule has 3 N–H and O–H groups in total. The molecule has 1 rings (SSSR count). The third kappa shape index (κ3) is 4.78. The Labute approximate surface area is 118 Å². The maximum Gasteiger partial charge on any atom is 0.433 e. The zero-order valence-corrected chi connectivity index (χ0v) is 11.1. The highest BCUT2D eigenvalue weighted by Gasteiger charge is 2.33. The number of nitrogens with zero attached hydrogens (tertiary/aromatic N) is 2. The molecule has 118 valence electrons. The molecule has 1 aromatic heterocycles. The van der Waals surface area contributed by atoms with Gasteiger partial charge >= 0.3 is 12.3 Å². The molecule has 1 amide bonds. The molecular weight excluding hydrogens is 293 g/mol. The van der Waals surface area contributed by atoms with Crippen LogP contribution >= 0.6 is 0 Å². The number of aromatic hydroxyl groups is 1. The largest absolute Gasteiger partial charge is 0.506 e. The van der Waals surface area contributed by atoms with Crippen LogP contribution in [0.3, 0.4) is 0 Å². The van der Waals surface area contributed by atoms with Gasteiger partial charge in [0.05, 0.1) is 19.2 Å². The Hall–Kier alpha value is -2.03. The van der Waals surface area contributed by atoms with Crippen LogP contribution in [0, 0.1) is 0 Å². The highest BCUT2D eigenvalue weighted by Crippen LogP contribution is 2.30. The number of carboxylic acid groups (broad SMARTS) is 1. The van der Waals surface area contributed by atoms with Gasteiger partial charge in [-0.15, -0.1) is 0 Å². The predicted molar refractivity (Wildman–Crippen MR) is 65.6 cm³/mol. The minimum absolute atomic E-state index is 0.284. The Bertz CT molecular complexity index is 508. The molecule has 0 aliphatic carbocycles. The second-order valence-corrected chi connectivity index (χ2v) is 4.39. The molecule has 0 spiro atoms. The molecule has 0 aliphatic heterocycles. The van der Waals surface area contributed by atoms with Gasteiger partial charge in [-0.2, -0.15) is 13.2 Å². The number of hydrogen-bond acceptors (Lipinski definition) is 4. The zero-order valence-electron chi connectivity index (χ0n) is 11.1. The van der Waals surface area contributed by atoms with Gasteiger partial charge in [-0.05, 0) is 18.6 Å². The lowest BCUT2D eigenvalue weighted by Gasteiger charge is -2.22. The first-order valence-corrected chi connectivity index (χ1v) is 6.07. The molecule has 6 nitrogen and oxygen atoms in total. The number of carbonyl (C=O) groups is 1. The van der Waals surface area contributed by atoms with E-state index in [9.17, 15) is 28.2 Å². The van der Waals surface area contributed by atoms with Crippen LogP contribution in [0.15, 0.2) is 12.1 Å². The highest BCUT2D eigenvalue weighted by molar-refractivity contribution is 5.65. The van der Waals surface area contributed by atoms with E-state index < -0.39 is 42.1 Å². The fourth-order valence-corrected chi connectivity index (χ4v) is 1.54. The van der Waals surface area contributed by atoms with Crippen molar-refractivity contribution < 1.29 is 33.3 Å². The molecule has 0 aliphatic rings. The Kier molecular flexibility index (Phi) is 5.36. The van der Waals surface area contributed by atoms with Gasteiger partial charge in [-0.1, -0.05) is 6.92 Å². The average molecular weight is 308 g/mol. The van der Waals surface area contributed by atoms with Gasteiger partial charge < -0.3 is 15.3 Å². The standard InChI is InChI=1S/C12H15F3N2O4/c1-2-7(18)5-17(11(20)21)6-8-9(19)3-4-10(16-8)12(13,14)15/h3-4,7,18-19H,2,5-6H2,1H3,(H,20,21)/t7-/m0/s1. The molecule has 0 unspecified atom stereocenters. The van der Waals surface area contributed by atoms with Gasteiger partial charge in [-0.25, -0.2) is 9.78 Å². The minimum atomic E-state index is -4.70. The second-order valence-electron chi connectivity index (χ2n) is 4.39. The van der Waals surface area contributed by atoms with E-state index in [1.54, 1.807) is 6.92 Å². The Morgan fingerprint density at radius 1 is 1.43 bits per heavy atom. The minimum Gasteiger partial charge on any atom is -0.506 e. The van der Waals surface area contributed by atoms with Crippen molar-refractivity contribution in [3.05, 3.63) is 23.5 Å². The van der Waals surface area contributed by atoms with Crippen LogP contribution in [-0.4, -0.2) is 43.9 Å². The van der Waals surface area contributed by atoms with E-state index >= 15 is 0 Å². The fraction of sp³-hybridized carbons (Fsp3) is 0.500. The summed E-state index contributed by atoms with van der Waals surface area (Å²) in [4.78, 5) is 15.0. The number of halogens is 3. The van der Waals surface area contributed by atoms with Gasteiger partial charge in [0.25, 0.3) is 0 Å². The first kappa shape index (κ1) is 17.0. The first-order valence-electron chi connectivity index (χ1n) is 6.07. The molecule has 0 saturated carbocycles. The lowest BCUT2D eigenvalue weighted by molar-refractivity contribution is -0.141. The Morgan fingerprint density at radius 3 is 2.52 bits per heavy atom. The molecule has 1 heterocycles. The summed E-state index contributed by atoms with van der Waals surface area (Å²) in [5, 5.41) is 27.9. The van der Waals surface area contributed by atoms with Crippen molar-refractivity contribution in [2.75, 3.05) is 6.54 Å². The first-order chi connectivity index (χ1) is 9.65. The average Bonchev–Trinajstić information content (AvgIpc) is 2.38. The molecule has 0 saturated heterocycles. The summed E-state index contributed by atoms with van der Waals surface area (Å²) < 4.78 is 37.6. The zero-order chi connectivity index (χ0) is 16.2. The van der Waals surface area contributed by atoms with Gasteiger partial charge in [-0.3, -0.25) is 4.90 Å². The molecule has 0 radical (unpaired) electrons. The molecule has 0 aromatic carbocycles. The fourth-order valence-electron chi connectivity index (χ4n) is 1.54. The third-order valence-electron chi connectivity index (χ3n) is 2.75. The topological polar surface area (TPSA) is 93.9 Å². The van der Waals surface area contributed by atoms with Crippen molar-refractivity contribution in [1.82, 2.24) is 9.88 Å². The lowest BCUT2D eigenvalue weighted by atomic mass is 10.2. The summed E-state index contributed by atoms with van der Waals surface area (Å²) in [6.07, 6.45) is -6.79. The third-order valence-corrected chi connectivity index (χ3v) is 2.75. The number of aliphatic hydroxyl groups is 1. The number of aliphatic hydroxyl groups excluding tert-OH is 1. The summed E-state index contributed by atoms with van der Waals surface area (Å²) >= 11 is 0. The molecule has 9 heteroatoms. The van der Waals surface area contributed by atoms with E-state index in [1.807, 2.05) is 0 Å². The maximum absolute atomic E-state index is 12.5. The molecule has 1 atom stereocenters. The van der Waals surface area contributed by atoms with E-state index in [0.29, 0.717) is 11.0 Å². The molecular formula is C12H15F3N2O4. The number of alkyl halides is 3. The molecule has 0 fully saturated rings. The highest BCUT2D eigenvalue weighted by atomic mass is 19.4. The number of amides is 1. The summed E-state index contributed by atoms with van der Waals surface area (Å²) in [6.45, 7) is 0.788. The van der Waals surface area contributed by atoms with E-state index in [2.05, 4.69) is 4.98 Å². The number of aromatic nitrogens is 1. The van der Waals surface area contributed by atoms with Crippen molar-refractivity contribution in [2.24, 2.45) is 0 Å². The normalized spacial score (nSPS) is 13.0. The van der Waals surface area contributed by atoms with Crippen molar-refractivity contribution >= 4 is 6.09 Å². The van der Waals surface area contributed by atoms with Gasteiger partial charge in [0.2, 0.25) is 0 Å². The van der Waals surface area contributed by atoms with E-state index in [0.717, 1.165) is 6.07 Å². The van der Waals surface area contributed by atoms with Crippen molar-refractivity contribution in [3.8, 4) is 5.75 Å². The van der Waals surface area contributed by atoms with Crippen LogP contribution in [0.4, 0.5) is 18.0 Å². The van der Waals surface area contributed by atoms with E-state index in [-0.39, 0.29) is 13.0 Å². The molecule has 1 aromatic rings. The van der Waals surface area contributed by atoms with Crippen LogP contribution in [0.2, 0.25) is 0 Å². The number of hydrogen-bond donors (Lipinski definition) is 3. The molecule has 0 bridgehead atoms. The number of rotatable bonds is 5. The summed E-state index contributed by atoms with van der Waals surface area (Å²) in [6, 6.07) is 1.41. The van der Waals surface area contributed by atoms with Crippen LogP contribution in [0.25, 0.3) is 0 Å². The summed E-state index contributed by atoms with van der Waals surface area (Å²) in [7, 11) is 0. The second kappa shape index (κ2) is 6.61. The summed E-state index contributed by atoms with van der Waals surface area (Å²) in [5.74, 6) is -0.541. The van der Waals surface area contributed by atoms with Crippen LogP contribution in [-0.2, 0) is 12.7 Å². The molecule has 21 heavy (non-hydrogen) atoms. The van der Waals surface area contributed by atoms with E-state index in [4.69, 9.17) is 5.11 Å². The van der Waals surface area contributed by atoms with Crippen LogP contribution < -0.4 is 0 Å². The smallest absolute Gasteiger partial charge is 0.433 e. The van der Waals surface area contributed by atoms with Crippen molar-refractivity contribution in [1.29, 1.82) is 0 Å². The quantitative estimate of drug-likeness (QED) is 0.774. The summed E-state index contributed by atoms with van der Waals surface area (Å²) in [5.41, 5.74) is -1.65. The van der Waals surface area contributed by atoms with Crippen molar-refractivity contribution in [2.45, 2.75) is 32.2 Å².